The van der Waals surface area contributed by atoms with Crippen LogP contribution < -0.4 is 15.4 Å². The van der Waals surface area contributed by atoms with Crippen LogP contribution in [0, 0.1) is 0 Å². The van der Waals surface area contributed by atoms with Crippen molar-refractivity contribution in [3.05, 3.63) is 96.8 Å². The van der Waals surface area contributed by atoms with Crippen molar-refractivity contribution in [2.75, 3.05) is 17.2 Å². The maximum absolute atomic E-state index is 12.3. The zero-order valence-electron chi connectivity index (χ0n) is 15.8. The molecule has 2 N–H and O–H groups in total. The fraction of sp³-hybridized carbons (Fsp3) is 0.0833. The summed E-state index contributed by atoms with van der Waals surface area (Å²) in [4.78, 5) is 16.4. The van der Waals surface area contributed by atoms with Crippen LogP contribution in [0.5, 0.6) is 5.75 Å². The van der Waals surface area contributed by atoms with E-state index in [4.69, 9.17) is 4.74 Å². The number of aromatic nitrogens is 1. The number of hydrogen-bond acceptors (Lipinski definition) is 4. The van der Waals surface area contributed by atoms with E-state index in [1.807, 2.05) is 78.9 Å². The molecule has 0 unspecified atom stereocenters. The van der Waals surface area contributed by atoms with Crippen LogP contribution in [0.2, 0.25) is 0 Å². The van der Waals surface area contributed by atoms with E-state index in [1.165, 1.54) is 0 Å². The van der Waals surface area contributed by atoms with Gasteiger partial charge < -0.3 is 15.4 Å². The largest absolute Gasteiger partial charge is 0.489 e. The summed E-state index contributed by atoms with van der Waals surface area (Å²) in [7, 11) is 0. The van der Waals surface area contributed by atoms with Crippen LogP contribution in [-0.4, -0.2) is 17.4 Å². The van der Waals surface area contributed by atoms with Gasteiger partial charge in [0, 0.05) is 35.2 Å². The Hall–Kier alpha value is -3.86. The number of hydrogen-bond donors (Lipinski definition) is 2. The lowest BCUT2D eigenvalue weighted by Gasteiger charge is -2.11. The van der Waals surface area contributed by atoms with Crippen LogP contribution in [0.1, 0.15) is 5.56 Å². The molecule has 1 amide bonds. The molecule has 0 aliphatic heterocycles. The van der Waals surface area contributed by atoms with Crippen molar-refractivity contribution in [3.8, 4) is 5.75 Å². The predicted molar refractivity (Wildman–Crippen MR) is 116 cm³/mol. The van der Waals surface area contributed by atoms with E-state index >= 15 is 0 Å². The number of benzene rings is 3. The highest BCUT2D eigenvalue weighted by Gasteiger charge is 2.04. The normalized spacial score (nSPS) is 10.5. The van der Waals surface area contributed by atoms with Gasteiger partial charge in [-0.1, -0.05) is 42.5 Å². The van der Waals surface area contributed by atoms with Crippen molar-refractivity contribution in [3.63, 3.8) is 0 Å². The molecule has 4 rings (SSSR count). The highest BCUT2D eigenvalue weighted by molar-refractivity contribution is 5.96. The third-order valence-electron chi connectivity index (χ3n) is 4.46. The van der Waals surface area contributed by atoms with Crippen LogP contribution in [-0.2, 0) is 11.4 Å². The Kier molecular flexibility index (Phi) is 5.67. The Morgan fingerprint density at radius 2 is 1.76 bits per heavy atom. The number of carbonyl (C=O) groups is 1. The second-order valence-corrected chi connectivity index (χ2v) is 6.64. The summed E-state index contributed by atoms with van der Waals surface area (Å²) in [5.74, 6) is 0.636. The molecule has 0 bridgehead atoms. The molecule has 0 aliphatic carbocycles. The van der Waals surface area contributed by atoms with Gasteiger partial charge in [0.2, 0.25) is 5.91 Å². The summed E-state index contributed by atoms with van der Waals surface area (Å²) in [6.07, 6.45) is 3.54. The van der Waals surface area contributed by atoms with Crippen LogP contribution in [0.15, 0.2) is 91.3 Å². The topological polar surface area (TPSA) is 63.2 Å². The molecule has 0 fully saturated rings. The first kappa shape index (κ1) is 18.5. The number of carbonyl (C=O) groups excluding carboxylic acids is 1. The first-order valence-electron chi connectivity index (χ1n) is 9.40. The maximum Gasteiger partial charge on any atom is 0.243 e. The average molecular weight is 383 g/mol. The molecule has 3 aromatic carbocycles. The minimum Gasteiger partial charge on any atom is -0.489 e. The molecule has 5 heteroatoms. The molecule has 5 nitrogen and oxygen atoms in total. The fourth-order valence-electron chi connectivity index (χ4n) is 2.99. The summed E-state index contributed by atoms with van der Waals surface area (Å²) >= 11 is 0. The minimum absolute atomic E-state index is 0.117. The Bertz CT molecular complexity index is 1110. The Balaban J connectivity index is 1.31. The molecule has 4 aromatic rings. The van der Waals surface area contributed by atoms with Gasteiger partial charge in [0.1, 0.15) is 12.4 Å². The Labute approximate surface area is 169 Å². The van der Waals surface area contributed by atoms with Crippen molar-refractivity contribution in [1.29, 1.82) is 0 Å². The average Bonchev–Trinajstić information content (AvgIpc) is 2.77. The van der Waals surface area contributed by atoms with Gasteiger partial charge in [-0.3, -0.25) is 9.78 Å². The van der Waals surface area contributed by atoms with E-state index in [1.54, 1.807) is 12.4 Å². The lowest BCUT2D eigenvalue weighted by molar-refractivity contribution is -0.114. The number of nitrogens with zero attached hydrogens (tertiary/aromatic N) is 1. The van der Waals surface area contributed by atoms with Crippen molar-refractivity contribution in [2.45, 2.75) is 6.61 Å². The van der Waals surface area contributed by atoms with Crippen LogP contribution in [0.4, 0.5) is 11.4 Å². The van der Waals surface area contributed by atoms with Crippen LogP contribution >= 0.6 is 0 Å². The zero-order valence-corrected chi connectivity index (χ0v) is 15.8. The van der Waals surface area contributed by atoms with Crippen molar-refractivity contribution in [1.82, 2.24) is 4.98 Å². The number of amides is 1. The minimum atomic E-state index is -0.117. The van der Waals surface area contributed by atoms with E-state index in [0.29, 0.717) is 6.61 Å². The summed E-state index contributed by atoms with van der Waals surface area (Å²) < 4.78 is 5.83. The molecule has 0 radical (unpaired) electrons. The van der Waals surface area contributed by atoms with Gasteiger partial charge in [-0.05, 0) is 41.3 Å². The Morgan fingerprint density at radius 3 is 2.66 bits per heavy atom. The summed E-state index contributed by atoms with van der Waals surface area (Å²) in [6.45, 7) is 0.665. The van der Waals surface area contributed by atoms with Crippen LogP contribution in [0.3, 0.4) is 0 Å². The molecule has 144 valence electrons. The second-order valence-electron chi connectivity index (χ2n) is 6.64. The second kappa shape index (κ2) is 8.89. The fourth-order valence-corrected chi connectivity index (χ4v) is 2.99. The van der Waals surface area contributed by atoms with Crippen molar-refractivity contribution < 1.29 is 9.53 Å². The van der Waals surface area contributed by atoms with Gasteiger partial charge in [-0.2, -0.15) is 0 Å². The first-order chi connectivity index (χ1) is 14.3. The van der Waals surface area contributed by atoms with E-state index in [9.17, 15) is 4.79 Å². The number of ether oxygens (including phenoxy) is 1. The highest BCUT2D eigenvalue weighted by atomic mass is 16.5. The van der Waals surface area contributed by atoms with Crippen LogP contribution in [0.25, 0.3) is 10.8 Å². The standard InChI is InChI=1S/C24H21N3O2/c28-24(27-22-10-9-20-15-25-12-11-19(20)13-22)16-26-21-7-4-8-23(14-21)29-17-18-5-2-1-3-6-18/h1-15,26H,16-17H2,(H,27,28). The molecule has 1 heterocycles. The molecule has 29 heavy (non-hydrogen) atoms. The lowest BCUT2D eigenvalue weighted by atomic mass is 10.1. The number of anilines is 2. The molecule has 0 atom stereocenters. The van der Waals surface area contributed by atoms with E-state index in [-0.39, 0.29) is 12.5 Å². The molecular weight excluding hydrogens is 362 g/mol. The van der Waals surface area contributed by atoms with Crippen molar-refractivity contribution in [2.24, 2.45) is 0 Å². The molecule has 0 spiro atoms. The number of fused-ring (bicyclic) bond motifs is 1. The van der Waals surface area contributed by atoms with Crippen molar-refractivity contribution >= 4 is 28.1 Å². The molecule has 0 aliphatic rings. The third kappa shape index (κ3) is 5.11. The monoisotopic (exact) mass is 383 g/mol. The van der Waals surface area contributed by atoms with Gasteiger partial charge in [0.25, 0.3) is 0 Å². The van der Waals surface area contributed by atoms with Gasteiger partial charge in [-0.25, -0.2) is 0 Å². The SMILES string of the molecule is O=C(CNc1cccc(OCc2ccccc2)c1)Nc1ccc2cnccc2c1. The quantitative estimate of drug-likeness (QED) is 0.478. The molecule has 0 saturated carbocycles. The zero-order chi connectivity index (χ0) is 19.9. The first-order valence-corrected chi connectivity index (χ1v) is 9.40. The van der Waals surface area contributed by atoms with Gasteiger partial charge in [-0.15, -0.1) is 0 Å². The third-order valence-corrected chi connectivity index (χ3v) is 4.46. The summed E-state index contributed by atoms with van der Waals surface area (Å²) in [6, 6.07) is 25.3. The number of pyridine rings is 1. The maximum atomic E-state index is 12.3. The number of nitrogens with one attached hydrogen (secondary N) is 2. The van der Waals surface area contributed by atoms with E-state index in [0.717, 1.165) is 33.5 Å². The highest BCUT2D eigenvalue weighted by Crippen LogP contribution is 2.20. The van der Waals surface area contributed by atoms with E-state index < -0.39 is 0 Å². The Morgan fingerprint density at radius 1 is 0.862 bits per heavy atom. The smallest absolute Gasteiger partial charge is 0.243 e. The van der Waals surface area contributed by atoms with E-state index in [2.05, 4.69) is 15.6 Å². The summed E-state index contributed by atoms with van der Waals surface area (Å²) in [5.41, 5.74) is 2.70. The molecule has 0 saturated heterocycles. The lowest BCUT2D eigenvalue weighted by Crippen LogP contribution is -2.21. The van der Waals surface area contributed by atoms with Gasteiger partial charge >= 0.3 is 0 Å². The molecular formula is C24H21N3O2. The number of rotatable bonds is 7. The predicted octanol–water partition coefficient (Wildman–Crippen LogP) is 4.86. The molecule has 1 aromatic heterocycles. The van der Waals surface area contributed by atoms with Gasteiger partial charge in [0.05, 0.1) is 6.54 Å². The van der Waals surface area contributed by atoms with Gasteiger partial charge in [0.15, 0.2) is 0 Å². The summed E-state index contributed by atoms with van der Waals surface area (Å²) in [5, 5.41) is 8.12.